The molecule has 1 amide bonds. The van der Waals surface area contributed by atoms with Crippen LogP contribution < -0.4 is 10.2 Å². The number of hydrazone groups is 1. The molecular weight excluding hydrogens is 283 g/mol. The molecule has 0 atom stereocenters. The summed E-state index contributed by atoms with van der Waals surface area (Å²) in [6, 6.07) is 12.8. The number of amides is 1. The number of hydrogen-bond acceptors (Lipinski definition) is 3. The molecule has 0 aliphatic heterocycles. The molecule has 22 heavy (non-hydrogen) atoms. The summed E-state index contributed by atoms with van der Waals surface area (Å²) in [5, 5.41) is 3.87. The lowest BCUT2D eigenvalue weighted by molar-refractivity contribution is 0.0951. The summed E-state index contributed by atoms with van der Waals surface area (Å²) in [6.07, 6.45) is 2.31. The minimum Gasteiger partial charge on any atom is -0.493 e. The zero-order valence-corrected chi connectivity index (χ0v) is 12.3. The Labute approximate surface area is 128 Å². The van der Waals surface area contributed by atoms with Crippen LogP contribution in [0.25, 0.3) is 0 Å². The van der Waals surface area contributed by atoms with Gasteiger partial charge in [-0.1, -0.05) is 31.2 Å². The molecule has 2 rings (SSSR count). The number of nitrogens with one attached hydrogen (secondary N) is 1. The third-order valence-electron chi connectivity index (χ3n) is 2.84. The van der Waals surface area contributed by atoms with E-state index in [9.17, 15) is 9.18 Å². The van der Waals surface area contributed by atoms with Crippen LogP contribution in [0.1, 0.15) is 29.3 Å². The maximum absolute atomic E-state index is 12.8. The third-order valence-corrected chi connectivity index (χ3v) is 2.84. The van der Waals surface area contributed by atoms with Crippen LogP contribution in [0.3, 0.4) is 0 Å². The molecular formula is C17H17FN2O2. The van der Waals surface area contributed by atoms with E-state index in [1.165, 1.54) is 18.3 Å². The number of rotatable bonds is 6. The Morgan fingerprint density at radius 3 is 2.68 bits per heavy atom. The molecule has 0 saturated carbocycles. The third kappa shape index (κ3) is 4.41. The van der Waals surface area contributed by atoms with E-state index in [2.05, 4.69) is 10.5 Å². The van der Waals surface area contributed by atoms with Crippen molar-refractivity contribution < 1.29 is 13.9 Å². The lowest BCUT2D eigenvalue weighted by Gasteiger charge is -2.09. The molecule has 0 unspecified atom stereocenters. The Balaban J connectivity index is 2.01. The highest BCUT2D eigenvalue weighted by Gasteiger charge is 2.10. The summed E-state index contributed by atoms with van der Waals surface area (Å²) in [6.45, 7) is 2.54. The van der Waals surface area contributed by atoms with Gasteiger partial charge in [0, 0.05) is 0 Å². The summed E-state index contributed by atoms with van der Waals surface area (Å²) < 4.78 is 18.3. The predicted molar refractivity (Wildman–Crippen MR) is 83.7 cm³/mol. The lowest BCUT2D eigenvalue weighted by Crippen LogP contribution is -2.18. The molecule has 1 N–H and O–H groups in total. The van der Waals surface area contributed by atoms with E-state index < -0.39 is 0 Å². The SMILES string of the molecule is CCCOc1ccccc1C(=O)NN=Cc1ccc(F)cc1. The smallest absolute Gasteiger partial charge is 0.275 e. The standard InChI is InChI=1S/C17H17FN2O2/c1-2-11-22-16-6-4-3-5-15(16)17(21)20-19-12-13-7-9-14(18)10-8-13/h3-10,12H,2,11H2,1H3,(H,20,21). The molecule has 0 aromatic heterocycles. The summed E-state index contributed by atoms with van der Waals surface area (Å²) >= 11 is 0. The van der Waals surface area contributed by atoms with Crippen LogP contribution in [0.15, 0.2) is 53.6 Å². The summed E-state index contributed by atoms with van der Waals surface area (Å²) in [5.74, 6) is -0.146. The van der Waals surface area contributed by atoms with Gasteiger partial charge in [0.05, 0.1) is 18.4 Å². The minimum absolute atomic E-state index is 0.316. The van der Waals surface area contributed by atoms with Gasteiger partial charge in [-0.2, -0.15) is 5.10 Å². The van der Waals surface area contributed by atoms with Gasteiger partial charge in [-0.05, 0) is 36.2 Å². The maximum Gasteiger partial charge on any atom is 0.275 e. The Hall–Kier alpha value is -2.69. The van der Waals surface area contributed by atoms with Crippen molar-refractivity contribution in [1.29, 1.82) is 0 Å². The number of benzene rings is 2. The highest BCUT2D eigenvalue weighted by Crippen LogP contribution is 2.17. The van der Waals surface area contributed by atoms with Crippen LogP contribution in [-0.4, -0.2) is 18.7 Å². The van der Waals surface area contributed by atoms with E-state index in [1.807, 2.05) is 13.0 Å². The normalized spacial score (nSPS) is 10.6. The molecule has 4 nitrogen and oxygen atoms in total. The minimum atomic E-state index is -0.356. The van der Waals surface area contributed by atoms with Crippen molar-refractivity contribution in [2.45, 2.75) is 13.3 Å². The molecule has 0 bridgehead atoms. The van der Waals surface area contributed by atoms with Crippen molar-refractivity contribution in [2.24, 2.45) is 5.10 Å². The number of nitrogens with zero attached hydrogens (tertiary/aromatic N) is 1. The average Bonchev–Trinajstić information content (AvgIpc) is 2.55. The fourth-order valence-corrected chi connectivity index (χ4v) is 1.77. The van der Waals surface area contributed by atoms with Crippen LogP contribution in [-0.2, 0) is 0 Å². The number of halogens is 1. The number of para-hydroxylation sites is 1. The molecule has 0 radical (unpaired) electrons. The fourth-order valence-electron chi connectivity index (χ4n) is 1.77. The number of carbonyl (C=O) groups excluding carboxylic acids is 1. The van der Waals surface area contributed by atoms with Crippen LogP contribution >= 0.6 is 0 Å². The average molecular weight is 300 g/mol. The van der Waals surface area contributed by atoms with Gasteiger partial charge in [0.15, 0.2) is 0 Å². The van der Waals surface area contributed by atoms with Gasteiger partial charge < -0.3 is 4.74 Å². The lowest BCUT2D eigenvalue weighted by atomic mass is 10.2. The van der Waals surface area contributed by atoms with Gasteiger partial charge in [0.1, 0.15) is 11.6 Å². The molecule has 0 spiro atoms. The van der Waals surface area contributed by atoms with Crippen LogP contribution in [0.4, 0.5) is 4.39 Å². The molecule has 0 fully saturated rings. The summed E-state index contributed by atoms with van der Waals surface area (Å²) in [5.41, 5.74) is 3.55. The predicted octanol–water partition coefficient (Wildman–Crippen LogP) is 3.38. The van der Waals surface area contributed by atoms with Gasteiger partial charge in [0.2, 0.25) is 0 Å². The topological polar surface area (TPSA) is 50.7 Å². The van der Waals surface area contributed by atoms with E-state index in [0.29, 0.717) is 23.5 Å². The largest absolute Gasteiger partial charge is 0.493 e. The van der Waals surface area contributed by atoms with Crippen molar-refractivity contribution in [3.8, 4) is 5.75 Å². The summed E-state index contributed by atoms with van der Waals surface area (Å²) in [4.78, 5) is 12.1. The number of carbonyl (C=O) groups is 1. The first-order valence-electron chi connectivity index (χ1n) is 7.01. The van der Waals surface area contributed by atoms with Gasteiger partial charge in [-0.15, -0.1) is 0 Å². The molecule has 0 aliphatic carbocycles. The van der Waals surface area contributed by atoms with Crippen molar-refractivity contribution in [1.82, 2.24) is 5.43 Å². The Morgan fingerprint density at radius 1 is 1.23 bits per heavy atom. The quantitative estimate of drug-likeness (QED) is 0.657. The molecule has 0 aliphatic rings. The Bertz CT molecular complexity index is 654. The van der Waals surface area contributed by atoms with Crippen molar-refractivity contribution in [2.75, 3.05) is 6.61 Å². The van der Waals surface area contributed by atoms with E-state index in [-0.39, 0.29) is 11.7 Å². The first-order valence-corrected chi connectivity index (χ1v) is 7.01. The highest BCUT2D eigenvalue weighted by molar-refractivity contribution is 5.97. The maximum atomic E-state index is 12.8. The van der Waals surface area contributed by atoms with Crippen LogP contribution in [0, 0.1) is 5.82 Å². The van der Waals surface area contributed by atoms with E-state index in [0.717, 1.165) is 6.42 Å². The molecule has 114 valence electrons. The van der Waals surface area contributed by atoms with Crippen molar-refractivity contribution in [3.05, 3.63) is 65.5 Å². The van der Waals surface area contributed by atoms with E-state index >= 15 is 0 Å². The van der Waals surface area contributed by atoms with E-state index in [1.54, 1.807) is 30.3 Å². The molecule has 2 aromatic carbocycles. The summed E-state index contributed by atoms with van der Waals surface area (Å²) in [7, 11) is 0. The first kappa shape index (κ1) is 15.7. The fraction of sp³-hybridized carbons (Fsp3) is 0.176. The molecule has 2 aromatic rings. The van der Waals surface area contributed by atoms with Crippen molar-refractivity contribution >= 4 is 12.1 Å². The second-order valence-corrected chi connectivity index (χ2v) is 4.60. The van der Waals surface area contributed by atoms with Gasteiger partial charge >= 0.3 is 0 Å². The monoisotopic (exact) mass is 300 g/mol. The molecule has 5 heteroatoms. The zero-order chi connectivity index (χ0) is 15.8. The van der Waals surface area contributed by atoms with Gasteiger partial charge in [-0.3, -0.25) is 4.79 Å². The first-order chi connectivity index (χ1) is 10.7. The molecule has 0 saturated heterocycles. The second-order valence-electron chi connectivity index (χ2n) is 4.60. The van der Waals surface area contributed by atoms with Gasteiger partial charge in [0.25, 0.3) is 5.91 Å². The zero-order valence-electron chi connectivity index (χ0n) is 12.3. The Kier molecular flexibility index (Phi) is 5.65. The van der Waals surface area contributed by atoms with Gasteiger partial charge in [-0.25, -0.2) is 9.82 Å². The second kappa shape index (κ2) is 7.93. The van der Waals surface area contributed by atoms with Crippen LogP contribution in [0.2, 0.25) is 0 Å². The molecule has 0 heterocycles. The van der Waals surface area contributed by atoms with Crippen LogP contribution in [0.5, 0.6) is 5.75 Å². The number of ether oxygens (including phenoxy) is 1. The highest BCUT2D eigenvalue weighted by atomic mass is 19.1. The van der Waals surface area contributed by atoms with Crippen molar-refractivity contribution in [3.63, 3.8) is 0 Å². The Morgan fingerprint density at radius 2 is 1.95 bits per heavy atom. The number of hydrogen-bond donors (Lipinski definition) is 1. The van der Waals surface area contributed by atoms with E-state index in [4.69, 9.17) is 4.74 Å².